The van der Waals surface area contributed by atoms with Crippen LogP contribution in [0.4, 0.5) is 10.5 Å². The van der Waals surface area contributed by atoms with Crippen LogP contribution in [0.5, 0.6) is 0 Å². The van der Waals surface area contributed by atoms with Crippen molar-refractivity contribution in [3.63, 3.8) is 0 Å². The van der Waals surface area contributed by atoms with Gasteiger partial charge in [0, 0.05) is 19.6 Å². The summed E-state index contributed by atoms with van der Waals surface area (Å²) in [5.41, 5.74) is 4.78. The summed E-state index contributed by atoms with van der Waals surface area (Å²) in [6, 6.07) is 5.74. The second kappa shape index (κ2) is 8.20. The molecule has 0 unspecified atom stereocenters. The maximum absolute atomic E-state index is 13.0. The van der Waals surface area contributed by atoms with Crippen LogP contribution in [0.2, 0.25) is 0 Å². The summed E-state index contributed by atoms with van der Waals surface area (Å²) >= 11 is 0. The van der Waals surface area contributed by atoms with Crippen LogP contribution in [0.25, 0.3) is 0 Å². The fraction of sp³-hybridized carbons (Fsp3) is 0.500. The zero-order valence-corrected chi connectivity index (χ0v) is 16.7. The fourth-order valence-electron chi connectivity index (χ4n) is 3.93. The number of anilines is 1. The van der Waals surface area contributed by atoms with E-state index >= 15 is 0 Å². The lowest BCUT2D eigenvalue weighted by Crippen LogP contribution is -2.55. The van der Waals surface area contributed by atoms with Gasteiger partial charge >= 0.3 is 6.03 Å². The van der Waals surface area contributed by atoms with Gasteiger partial charge in [-0.05, 0) is 30.9 Å². The number of carbonyl (C=O) groups excluding carboxylic acids is 4. The topological polar surface area (TPSA) is 125 Å². The maximum atomic E-state index is 13.0. The third-order valence-corrected chi connectivity index (χ3v) is 5.35. The first-order valence-corrected chi connectivity index (χ1v) is 9.77. The van der Waals surface area contributed by atoms with Gasteiger partial charge in [0.15, 0.2) is 0 Å². The molecule has 3 rings (SSSR count). The molecule has 2 fully saturated rings. The molecule has 0 aliphatic carbocycles. The summed E-state index contributed by atoms with van der Waals surface area (Å²) in [5, 5.41) is 5.36. The summed E-state index contributed by atoms with van der Waals surface area (Å²) in [6.07, 6.45) is 1.04. The Labute approximate surface area is 169 Å². The second-order valence-electron chi connectivity index (χ2n) is 8.06. The standard InChI is InChI=1S/C20H27N5O4/c1-13(2)11-24-9-7-20(8-10-24)18(28)25(19(29)23-20)12-16(26)22-15-6-4-3-5-14(15)17(21)27/h3-6,13H,7-12H2,1-2H3,(H2,21,27)(H,22,26)(H,23,29). The Morgan fingerprint density at radius 1 is 1.21 bits per heavy atom. The normalized spacial score (nSPS) is 18.9. The largest absolute Gasteiger partial charge is 0.366 e. The van der Waals surface area contributed by atoms with Crippen molar-refractivity contribution in [1.29, 1.82) is 0 Å². The molecule has 2 aliphatic rings. The number of nitrogens with two attached hydrogens (primary N) is 1. The maximum Gasteiger partial charge on any atom is 0.325 e. The van der Waals surface area contributed by atoms with Gasteiger partial charge in [-0.1, -0.05) is 26.0 Å². The van der Waals surface area contributed by atoms with Crippen LogP contribution in [-0.4, -0.2) is 65.3 Å². The number of primary amides is 1. The Bertz CT molecular complexity index is 830. The molecule has 0 bridgehead atoms. The molecule has 29 heavy (non-hydrogen) atoms. The van der Waals surface area contributed by atoms with Gasteiger partial charge in [0.2, 0.25) is 5.91 Å². The number of likely N-dealkylation sites (tertiary alicyclic amines) is 1. The van der Waals surface area contributed by atoms with Crippen molar-refractivity contribution in [2.75, 3.05) is 31.5 Å². The van der Waals surface area contributed by atoms with Crippen LogP contribution < -0.4 is 16.4 Å². The minimum atomic E-state index is -0.935. The highest BCUT2D eigenvalue weighted by atomic mass is 16.2. The van der Waals surface area contributed by atoms with Crippen LogP contribution in [0.15, 0.2) is 24.3 Å². The summed E-state index contributed by atoms with van der Waals surface area (Å²) in [4.78, 5) is 52.5. The highest BCUT2D eigenvalue weighted by molar-refractivity contribution is 6.11. The van der Waals surface area contributed by atoms with E-state index in [1.165, 1.54) is 12.1 Å². The van der Waals surface area contributed by atoms with Crippen molar-refractivity contribution in [3.8, 4) is 0 Å². The molecule has 0 atom stereocenters. The predicted octanol–water partition coefficient (Wildman–Crippen LogP) is 0.766. The molecule has 9 nitrogen and oxygen atoms in total. The molecular weight excluding hydrogens is 374 g/mol. The third kappa shape index (κ3) is 4.40. The minimum absolute atomic E-state index is 0.159. The van der Waals surface area contributed by atoms with Crippen LogP contribution in [-0.2, 0) is 9.59 Å². The summed E-state index contributed by atoms with van der Waals surface area (Å²) in [5.74, 6) is -1.09. The Kier molecular flexibility index (Phi) is 5.88. The Balaban J connectivity index is 1.64. The summed E-state index contributed by atoms with van der Waals surface area (Å²) in [7, 11) is 0. The van der Waals surface area contributed by atoms with E-state index in [4.69, 9.17) is 5.73 Å². The molecule has 156 valence electrons. The first kappa shape index (κ1) is 20.8. The van der Waals surface area contributed by atoms with E-state index in [9.17, 15) is 19.2 Å². The number of hydrogen-bond donors (Lipinski definition) is 3. The number of imide groups is 1. The van der Waals surface area contributed by atoms with E-state index in [-0.39, 0.29) is 17.2 Å². The van der Waals surface area contributed by atoms with Gasteiger partial charge in [-0.25, -0.2) is 4.79 Å². The quantitative estimate of drug-likeness (QED) is 0.607. The Hall–Kier alpha value is -2.94. The van der Waals surface area contributed by atoms with E-state index in [1.54, 1.807) is 12.1 Å². The third-order valence-electron chi connectivity index (χ3n) is 5.35. The number of rotatable bonds is 6. The first-order valence-electron chi connectivity index (χ1n) is 9.77. The molecule has 2 aliphatic heterocycles. The minimum Gasteiger partial charge on any atom is -0.366 e. The van der Waals surface area contributed by atoms with Gasteiger partial charge in [-0.15, -0.1) is 0 Å². The van der Waals surface area contributed by atoms with Gasteiger partial charge < -0.3 is 21.3 Å². The molecule has 2 heterocycles. The lowest BCUT2D eigenvalue weighted by Gasteiger charge is -2.37. The van der Waals surface area contributed by atoms with Crippen molar-refractivity contribution in [3.05, 3.63) is 29.8 Å². The number of piperidine rings is 1. The molecule has 5 amide bonds. The summed E-state index contributed by atoms with van der Waals surface area (Å²) < 4.78 is 0. The van der Waals surface area contributed by atoms with Crippen molar-refractivity contribution < 1.29 is 19.2 Å². The molecule has 1 aromatic carbocycles. The second-order valence-corrected chi connectivity index (χ2v) is 8.06. The van der Waals surface area contributed by atoms with Crippen molar-refractivity contribution in [2.24, 2.45) is 11.7 Å². The van der Waals surface area contributed by atoms with E-state index in [0.29, 0.717) is 18.8 Å². The molecular formula is C20H27N5O4. The summed E-state index contributed by atoms with van der Waals surface area (Å²) in [6.45, 7) is 6.25. The molecule has 0 aromatic heterocycles. The van der Waals surface area contributed by atoms with Crippen molar-refractivity contribution >= 4 is 29.4 Å². The molecule has 9 heteroatoms. The number of amides is 5. The molecule has 0 radical (unpaired) electrons. The number of benzene rings is 1. The monoisotopic (exact) mass is 401 g/mol. The molecule has 1 spiro atoms. The van der Waals surface area contributed by atoms with Gasteiger partial charge in [-0.3, -0.25) is 19.3 Å². The van der Waals surface area contributed by atoms with Crippen molar-refractivity contribution in [2.45, 2.75) is 32.2 Å². The zero-order valence-electron chi connectivity index (χ0n) is 16.7. The lowest BCUT2D eigenvalue weighted by molar-refractivity contribution is -0.135. The van der Waals surface area contributed by atoms with Gasteiger partial charge in [-0.2, -0.15) is 0 Å². The number of hydrogen-bond acceptors (Lipinski definition) is 5. The van der Waals surface area contributed by atoms with E-state index in [2.05, 4.69) is 29.4 Å². The fourth-order valence-corrected chi connectivity index (χ4v) is 3.93. The smallest absolute Gasteiger partial charge is 0.325 e. The van der Waals surface area contributed by atoms with E-state index in [0.717, 1.165) is 24.5 Å². The van der Waals surface area contributed by atoms with E-state index < -0.39 is 29.9 Å². The number of urea groups is 1. The van der Waals surface area contributed by atoms with Crippen molar-refractivity contribution in [1.82, 2.24) is 15.1 Å². The SMILES string of the molecule is CC(C)CN1CCC2(CC1)NC(=O)N(CC(=O)Nc1ccccc1C(N)=O)C2=O. The Morgan fingerprint density at radius 2 is 1.86 bits per heavy atom. The molecule has 0 saturated carbocycles. The Morgan fingerprint density at radius 3 is 2.48 bits per heavy atom. The van der Waals surface area contributed by atoms with Crippen LogP contribution in [0, 0.1) is 5.92 Å². The first-order chi connectivity index (χ1) is 13.7. The molecule has 4 N–H and O–H groups in total. The van der Waals surface area contributed by atoms with Crippen LogP contribution in [0.1, 0.15) is 37.0 Å². The van der Waals surface area contributed by atoms with Gasteiger partial charge in [0.05, 0.1) is 11.3 Å². The highest BCUT2D eigenvalue weighted by Crippen LogP contribution is 2.29. The number of nitrogens with zero attached hydrogens (tertiary/aromatic N) is 2. The number of carbonyl (C=O) groups is 4. The van der Waals surface area contributed by atoms with Gasteiger partial charge in [0.1, 0.15) is 12.1 Å². The molecule has 2 saturated heterocycles. The predicted molar refractivity (Wildman–Crippen MR) is 107 cm³/mol. The van der Waals surface area contributed by atoms with Crippen LogP contribution >= 0.6 is 0 Å². The number of para-hydroxylation sites is 1. The van der Waals surface area contributed by atoms with E-state index in [1.807, 2.05) is 0 Å². The highest BCUT2D eigenvalue weighted by Gasteiger charge is 2.52. The van der Waals surface area contributed by atoms with Gasteiger partial charge in [0.25, 0.3) is 11.8 Å². The zero-order chi connectivity index (χ0) is 21.2. The molecule has 1 aromatic rings. The van der Waals surface area contributed by atoms with Crippen LogP contribution in [0.3, 0.4) is 0 Å². The number of nitrogens with one attached hydrogen (secondary N) is 2. The average molecular weight is 401 g/mol. The average Bonchev–Trinajstić information content (AvgIpc) is 2.88. The lowest BCUT2D eigenvalue weighted by atomic mass is 9.87.